The summed E-state index contributed by atoms with van der Waals surface area (Å²) in [5, 5.41) is 61.8. The van der Waals surface area contributed by atoms with Gasteiger partial charge in [0, 0.05) is 43.4 Å². The summed E-state index contributed by atoms with van der Waals surface area (Å²) < 4.78 is 49.5. The van der Waals surface area contributed by atoms with Gasteiger partial charge < -0.3 is 78.5 Å². The third-order valence-corrected chi connectivity index (χ3v) is 26.9. The second-order valence-electron chi connectivity index (χ2n) is 37.5. The summed E-state index contributed by atoms with van der Waals surface area (Å²) >= 11 is 0. The monoisotopic (exact) mass is 1780 g/mol. The fourth-order valence-electron chi connectivity index (χ4n) is 18.1. The van der Waals surface area contributed by atoms with Crippen LogP contribution in [0.1, 0.15) is 420 Å². The zero-order chi connectivity index (χ0) is 89.8. The molecule has 4 saturated heterocycles. The van der Waals surface area contributed by atoms with Gasteiger partial charge in [0.1, 0.15) is 43.7 Å². The normalized spacial score (nSPS) is 21.7. The number of aliphatic hydroxyl groups excluding tert-OH is 5. The number of nitrogens with one attached hydrogen (secondary N) is 1. The number of carbonyl (C=O) groups is 3. The molecule has 6 rings (SSSR count). The summed E-state index contributed by atoms with van der Waals surface area (Å²) in [4.78, 5) is 45.4. The molecule has 6 N–H and O–H groups in total. The fourth-order valence-corrected chi connectivity index (χ4v) is 18.1. The van der Waals surface area contributed by atoms with Crippen molar-refractivity contribution in [2.24, 2.45) is 22.9 Å². The largest absolute Gasteiger partial charge is 0.447 e. The number of carbonyl (C=O) groups excluding carboxylic acids is 3. The zero-order valence-corrected chi connectivity index (χ0v) is 79.6. The Kier molecular flexibility index (Phi) is 67.5. The molecule has 0 aliphatic carbocycles. The van der Waals surface area contributed by atoms with E-state index in [1.54, 1.807) is 9.80 Å². The van der Waals surface area contributed by atoms with Crippen LogP contribution < -0.4 is 5.32 Å². The predicted molar refractivity (Wildman–Crippen MR) is 510 cm³/mol. The van der Waals surface area contributed by atoms with Crippen LogP contribution in [0.15, 0.2) is 65.8 Å². The number of unbranched alkanes of at least 4 members (excludes halogenated alkanes) is 44. The van der Waals surface area contributed by atoms with E-state index in [-0.39, 0.29) is 82.2 Å². The van der Waals surface area contributed by atoms with Crippen LogP contribution in [-0.4, -0.2) is 186 Å². The smallest absolute Gasteiger partial charge is 0.409 e. The Hall–Kier alpha value is -4.68. The topological polar surface area (TPSA) is 293 Å². The number of benzene rings is 2. The SMILES string of the molecule is C.CCCCCCCCCCCCCCCCCCCCCCCCCC(=O)N[C@@H](CO[C@H]1OC(COC(=O)N2CCCCC2)[C@H](O)[C@H](O)C1O)[C@H](O)[C@H](O)CCCCCCCCCCCCCC.CCCCCCCCCCCCCC[C@@H](OCc1ccccc1)[C@@H](OCc1ccccc1)[C@H](CO[C@H]1OC(COC(=O)N2CCCCC2)[C@H](C)[C@H](C)C1C)N=[N+]=[N-]. The highest BCUT2D eigenvalue weighted by molar-refractivity contribution is 5.76. The van der Waals surface area contributed by atoms with Gasteiger partial charge in [-0.1, -0.05) is 410 Å². The lowest BCUT2D eigenvalue weighted by Crippen LogP contribution is -2.60. The highest BCUT2D eigenvalue weighted by Gasteiger charge is 2.46. The maximum Gasteiger partial charge on any atom is 0.409 e. The molecule has 4 unspecified atom stereocenters. The van der Waals surface area contributed by atoms with Gasteiger partial charge in [-0.2, -0.15) is 0 Å². The van der Waals surface area contributed by atoms with E-state index in [4.69, 9.17) is 37.9 Å². The number of rotatable bonds is 72. The molecule has 22 nitrogen and oxygen atoms in total. The van der Waals surface area contributed by atoms with E-state index in [0.717, 1.165) is 127 Å². The molecule has 16 atom stereocenters. The van der Waals surface area contributed by atoms with Crippen LogP contribution in [-0.2, 0) is 55.9 Å². The Labute approximate surface area is 766 Å². The molecule has 4 heterocycles. The average molecular weight is 1780 g/mol. The van der Waals surface area contributed by atoms with Crippen molar-refractivity contribution in [2.75, 3.05) is 52.6 Å². The van der Waals surface area contributed by atoms with Crippen LogP contribution in [0.3, 0.4) is 0 Å². The first kappa shape index (κ1) is 114. The number of nitrogens with zero attached hydrogens (tertiary/aromatic N) is 5. The minimum Gasteiger partial charge on any atom is -0.447 e. The second-order valence-corrected chi connectivity index (χ2v) is 37.5. The van der Waals surface area contributed by atoms with E-state index in [1.807, 2.05) is 48.5 Å². The molecule has 4 aliphatic rings. The Morgan fingerprint density at radius 2 is 0.810 bits per heavy atom. The van der Waals surface area contributed by atoms with E-state index in [2.05, 4.69) is 69.0 Å². The van der Waals surface area contributed by atoms with Crippen LogP contribution >= 0.6 is 0 Å². The van der Waals surface area contributed by atoms with Crippen LogP contribution in [0.2, 0.25) is 0 Å². The number of hydrogen-bond donors (Lipinski definition) is 6. The third kappa shape index (κ3) is 50.8. The Bertz CT molecular complexity index is 2930. The standard InChI is InChI=1S/C56H108N2O10.C47H74N4O6.CH4/c1-3-5-7-9-11-13-15-17-18-19-20-21-22-23-24-25-26-27-29-31-33-35-38-42-50(60)57-47(51(61)48(59)41-37-34-32-30-28-16-14-12-10-8-6-4-2)45-66-55-54(64)53(63)52(62)49(68-55)46-67-56(65)58-43-39-36-40-44-58;1-5-6-7-8-9-10-11-12-13-14-15-23-30-43(53-33-40-26-19-16-20-27-40)45(54-34-41-28-21-17-22-29-41)42(49-50-48)35-55-46-39(4)37(2)38(3)44(57-46)36-56-47(52)51-31-24-18-25-32-51;/h47-49,51-55,59,61-64H,3-46H2,1-2H3,(H,57,60);16-17,19-22,26-29,37-39,42-46H,5-15,18,23-25,30-36H2,1-4H3;1H4/t47-,48+,49?,51-,52-,53-,54?,55-;37-,38+,39?,42-,43+,44?,45-,46-;/m00./s1. The van der Waals surface area contributed by atoms with Crippen LogP contribution in [0, 0.1) is 17.8 Å². The molecule has 0 aromatic heterocycles. The van der Waals surface area contributed by atoms with Gasteiger partial charge in [-0.15, -0.1) is 0 Å². The molecule has 22 heteroatoms. The van der Waals surface area contributed by atoms with Crippen molar-refractivity contribution in [3.05, 3.63) is 82.2 Å². The molecule has 2 aromatic rings. The summed E-state index contributed by atoms with van der Waals surface area (Å²) in [5.74, 6) is 0.214. The van der Waals surface area contributed by atoms with Crippen molar-refractivity contribution in [1.82, 2.24) is 15.1 Å². The van der Waals surface area contributed by atoms with Gasteiger partial charge in [0.15, 0.2) is 12.6 Å². The van der Waals surface area contributed by atoms with Gasteiger partial charge >= 0.3 is 12.2 Å². The van der Waals surface area contributed by atoms with E-state index in [1.165, 1.54) is 238 Å². The Morgan fingerprint density at radius 3 is 1.22 bits per heavy atom. The molecular formula is C104H186N6O16. The number of aliphatic hydroxyl groups is 5. The first-order valence-corrected chi connectivity index (χ1v) is 51.5. The summed E-state index contributed by atoms with van der Waals surface area (Å²) in [6.07, 6.45) is 54.4. The van der Waals surface area contributed by atoms with Crippen molar-refractivity contribution in [2.45, 2.75) is 501 Å². The van der Waals surface area contributed by atoms with E-state index in [9.17, 15) is 45.4 Å². The van der Waals surface area contributed by atoms with Gasteiger partial charge in [0.25, 0.3) is 0 Å². The summed E-state index contributed by atoms with van der Waals surface area (Å²) in [6.45, 7) is 16.3. The molecule has 2 aromatic carbocycles. The maximum absolute atomic E-state index is 13.2. The van der Waals surface area contributed by atoms with Gasteiger partial charge in [-0.25, -0.2) is 9.59 Å². The lowest BCUT2D eigenvalue weighted by atomic mass is 9.79. The molecule has 0 spiro atoms. The summed E-state index contributed by atoms with van der Waals surface area (Å²) in [6, 6.07) is 18.6. The van der Waals surface area contributed by atoms with Gasteiger partial charge in [0.05, 0.1) is 62.9 Å². The molecule has 728 valence electrons. The molecule has 126 heavy (non-hydrogen) atoms. The van der Waals surface area contributed by atoms with Crippen molar-refractivity contribution in [3.8, 4) is 0 Å². The van der Waals surface area contributed by atoms with Crippen molar-refractivity contribution < 1.29 is 77.8 Å². The zero-order valence-electron chi connectivity index (χ0n) is 79.6. The molecule has 4 fully saturated rings. The van der Waals surface area contributed by atoms with Crippen molar-refractivity contribution in [3.63, 3.8) is 0 Å². The molecule has 0 bridgehead atoms. The number of piperidine rings is 2. The number of ether oxygens (including phenoxy) is 8. The third-order valence-electron chi connectivity index (χ3n) is 26.9. The minimum atomic E-state index is -1.65. The van der Waals surface area contributed by atoms with Crippen molar-refractivity contribution in [1.29, 1.82) is 0 Å². The average Bonchev–Trinajstić information content (AvgIpc) is 0.814. The summed E-state index contributed by atoms with van der Waals surface area (Å²) in [7, 11) is 0. The van der Waals surface area contributed by atoms with Gasteiger partial charge in [-0.05, 0) is 86.3 Å². The number of hydrogen-bond acceptors (Lipinski definition) is 17. The summed E-state index contributed by atoms with van der Waals surface area (Å²) in [5.41, 5.74) is 12.0. The Morgan fingerprint density at radius 1 is 0.444 bits per heavy atom. The Balaban J connectivity index is 0.000000531. The molecule has 0 saturated carbocycles. The van der Waals surface area contributed by atoms with Gasteiger partial charge in [0.2, 0.25) is 5.91 Å². The molecule has 0 radical (unpaired) electrons. The first-order chi connectivity index (χ1) is 61.1. The maximum atomic E-state index is 13.2. The molecular weight excluding hydrogens is 1590 g/mol. The molecule has 3 amide bonds. The van der Waals surface area contributed by atoms with Crippen LogP contribution in [0.25, 0.3) is 10.4 Å². The number of amides is 3. The minimum absolute atomic E-state index is 0. The van der Waals surface area contributed by atoms with Crippen LogP contribution in [0.4, 0.5) is 9.59 Å². The number of likely N-dealkylation sites (tertiary alicyclic amines) is 2. The quantitative estimate of drug-likeness (QED) is 0.0155. The van der Waals surface area contributed by atoms with Crippen molar-refractivity contribution >= 4 is 18.1 Å². The second kappa shape index (κ2) is 74.8. The van der Waals surface area contributed by atoms with E-state index in [0.29, 0.717) is 39.1 Å². The van der Waals surface area contributed by atoms with Gasteiger partial charge in [-0.3, -0.25) is 4.79 Å². The van der Waals surface area contributed by atoms with E-state index >= 15 is 0 Å². The highest BCUT2D eigenvalue weighted by Crippen LogP contribution is 2.37. The lowest BCUT2D eigenvalue weighted by molar-refractivity contribution is -0.303. The first-order valence-electron chi connectivity index (χ1n) is 51.5. The lowest BCUT2D eigenvalue weighted by Gasteiger charge is -2.43. The van der Waals surface area contributed by atoms with E-state index < -0.39 is 73.5 Å². The molecule has 4 aliphatic heterocycles. The number of azide groups is 1. The van der Waals surface area contributed by atoms with Crippen LogP contribution in [0.5, 0.6) is 0 Å². The fraction of sp³-hybridized carbons (Fsp3) is 0.856. The highest BCUT2D eigenvalue weighted by atomic mass is 16.7. The predicted octanol–water partition coefficient (Wildman–Crippen LogP) is 24.9.